The molecule has 0 saturated carbocycles. The monoisotopic (exact) mass is 1580 g/mol. The molecule has 0 spiro atoms. The van der Waals surface area contributed by atoms with Crippen LogP contribution in [0.15, 0.2) is 449 Å². The summed E-state index contributed by atoms with van der Waals surface area (Å²) in [5.41, 5.74) is 32.4. The molecule has 0 heterocycles. The molecule has 586 valence electrons. The normalized spacial score (nSPS) is 12.8. The summed E-state index contributed by atoms with van der Waals surface area (Å²) in [6.07, 6.45) is 0. The number of para-hydroxylation sites is 2. The Morgan fingerprint density at radius 2 is 0.379 bits per heavy atom. The summed E-state index contributed by atoms with van der Waals surface area (Å²) in [6.45, 7) is 9.47. The van der Waals surface area contributed by atoms with Crippen molar-refractivity contribution in [2.75, 3.05) is 19.6 Å². The summed E-state index contributed by atoms with van der Waals surface area (Å²) in [5, 5.41) is 14.0. The fourth-order valence-electron chi connectivity index (χ4n) is 20.2. The minimum atomic E-state index is -0.132. The standard InChI is InChI=1S/C120H86N4/c1-119(2)113-37-21-19-35-105(113)107-67-51-91(75-115(107)119)83-39-53-97(54-40-83)123(101-63-45-81-25-13-17-29-89(81)73-101)103-65-69-109-111(77-103)117(85-47-57-95(58-48-85)121(93-31-7-5-8-32-93)99-61-43-79-23-11-15-27-87(79)71-99)110-70-66-104(78-112(110)118(109)86-49-59-96(60-50-86)122(94-33-9-6-10-34-94)100-62-44-80-24-12-16-28-88(80)72-100)124(102-64-46-82-26-14-18-30-90(82)74-102)98-55-41-84(42-56-98)92-52-68-108-106-36-20-22-38-114(106)120(3,4)116(108)76-92/h5-78H,1-4H3. The maximum atomic E-state index is 2.49. The van der Waals surface area contributed by atoms with Crippen LogP contribution in [0.1, 0.15) is 49.9 Å². The third-order valence-corrected chi connectivity index (χ3v) is 26.5. The highest BCUT2D eigenvalue weighted by atomic mass is 15.2. The Kier molecular flexibility index (Phi) is 17.6. The van der Waals surface area contributed by atoms with Crippen LogP contribution in [-0.2, 0) is 10.8 Å². The van der Waals surface area contributed by atoms with E-state index in [9.17, 15) is 0 Å². The first-order chi connectivity index (χ1) is 60.9. The van der Waals surface area contributed by atoms with Gasteiger partial charge in [-0.2, -0.15) is 0 Å². The molecule has 0 bridgehead atoms. The van der Waals surface area contributed by atoms with Crippen molar-refractivity contribution < 1.29 is 0 Å². The molecule has 21 aromatic carbocycles. The number of fused-ring (bicyclic) bond motifs is 12. The molecule has 0 aromatic heterocycles. The van der Waals surface area contributed by atoms with Gasteiger partial charge in [-0.1, -0.05) is 319 Å². The van der Waals surface area contributed by atoms with E-state index in [0.29, 0.717) is 0 Å². The molecule has 4 heteroatoms. The molecule has 4 nitrogen and oxygen atoms in total. The van der Waals surface area contributed by atoms with Gasteiger partial charge < -0.3 is 19.6 Å². The Morgan fingerprint density at radius 3 is 0.710 bits per heavy atom. The quantitative estimate of drug-likeness (QED) is 0.0894. The van der Waals surface area contributed by atoms with Crippen LogP contribution in [0.3, 0.4) is 0 Å². The van der Waals surface area contributed by atoms with E-state index in [-0.39, 0.29) is 10.8 Å². The molecule has 2 aliphatic rings. The van der Waals surface area contributed by atoms with Crippen LogP contribution in [0, 0.1) is 0 Å². The van der Waals surface area contributed by atoms with Crippen LogP contribution in [-0.4, -0.2) is 0 Å². The van der Waals surface area contributed by atoms with Crippen molar-refractivity contribution in [1.29, 1.82) is 0 Å². The molecule has 0 amide bonds. The van der Waals surface area contributed by atoms with Gasteiger partial charge in [0.2, 0.25) is 0 Å². The van der Waals surface area contributed by atoms with E-state index in [4.69, 9.17) is 0 Å². The van der Waals surface area contributed by atoms with Gasteiger partial charge in [-0.15, -0.1) is 0 Å². The van der Waals surface area contributed by atoms with E-state index in [1.165, 1.54) is 110 Å². The van der Waals surface area contributed by atoms with Crippen LogP contribution in [0.4, 0.5) is 68.2 Å². The van der Waals surface area contributed by atoms with Crippen molar-refractivity contribution >= 4 is 133 Å². The maximum absolute atomic E-state index is 2.49. The number of benzene rings is 21. The molecule has 23 rings (SSSR count). The van der Waals surface area contributed by atoms with Crippen molar-refractivity contribution in [3.05, 3.63) is 471 Å². The fraction of sp³-hybridized carbons (Fsp3) is 0.0500. The Labute approximate surface area is 724 Å². The first kappa shape index (κ1) is 73.5. The van der Waals surface area contributed by atoms with Crippen LogP contribution in [0.25, 0.3) is 131 Å². The second kappa shape index (κ2) is 29.7. The maximum Gasteiger partial charge on any atom is 0.0468 e. The summed E-state index contributed by atoms with van der Waals surface area (Å²) < 4.78 is 0. The van der Waals surface area contributed by atoms with Gasteiger partial charge in [0.15, 0.2) is 0 Å². The molecule has 0 fully saturated rings. The van der Waals surface area contributed by atoms with Gasteiger partial charge in [0, 0.05) is 79.1 Å². The molecule has 21 aromatic rings. The van der Waals surface area contributed by atoms with Crippen LogP contribution in [0.2, 0.25) is 0 Å². The second-order valence-corrected chi connectivity index (χ2v) is 34.4. The number of nitrogens with zero attached hydrogens (tertiary/aromatic N) is 4. The fourth-order valence-corrected chi connectivity index (χ4v) is 20.2. The highest BCUT2D eigenvalue weighted by molar-refractivity contribution is 6.23. The zero-order chi connectivity index (χ0) is 82.7. The largest absolute Gasteiger partial charge is 0.310 e. The average Bonchev–Trinajstić information content (AvgIpc) is 1.26. The van der Waals surface area contributed by atoms with E-state index in [1.807, 2.05) is 0 Å². The van der Waals surface area contributed by atoms with E-state index < -0.39 is 0 Å². The number of hydrogen-bond donors (Lipinski definition) is 0. The molecule has 2 aliphatic carbocycles. The Bertz CT molecular complexity index is 7320. The average molecular weight is 1580 g/mol. The van der Waals surface area contributed by atoms with Crippen LogP contribution >= 0.6 is 0 Å². The molecule has 0 N–H and O–H groups in total. The molecule has 124 heavy (non-hydrogen) atoms. The van der Waals surface area contributed by atoms with Crippen molar-refractivity contribution in [3.63, 3.8) is 0 Å². The predicted octanol–water partition coefficient (Wildman–Crippen LogP) is 33.8. The molecule has 0 unspecified atom stereocenters. The van der Waals surface area contributed by atoms with E-state index >= 15 is 0 Å². The topological polar surface area (TPSA) is 13.0 Å². The van der Waals surface area contributed by atoms with E-state index in [2.05, 4.69) is 496 Å². The minimum absolute atomic E-state index is 0.132. The summed E-state index contributed by atoms with van der Waals surface area (Å²) in [7, 11) is 0. The summed E-state index contributed by atoms with van der Waals surface area (Å²) in [4.78, 5) is 9.71. The summed E-state index contributed by atoms with van der Waals surface area (Å²) >= 11 is 0. The van der Waals surface area contributed by atoms with Crippen LogP contribution in [0.5, 0.6) is 0 Å². The first-order valence-electron chi connectivity index (χ1n) is 43.2. The van der Waals surface area contributed by atoms with Gasteiger partial charge in [0.25, 0.3) is 0 Å². The zero-order valence-corrected chi connectivity index (χ0v) is 69.5. The number of hydrogen-bond acceptors (Lipinski definition) is 4. The molecular formula is C120H86N4. The SMILES string of the molecule is CC1(C)c2ccccc2-c2ccc(-c3ccc(N(c4ccc5ccccc5c4)c4ccc5c(-c6ccc(N(c7ccccc7)c7ccc8ccccc8c7)cc6)c6cc(N(c7ccc(-c8ccc9c(c8)C(C)(C)c8ccccc8-9)cc7)c7ccc8ccccc8c7)ccc6c(-c6ccc(N(c7ccccc7)c7ccc8ccccc8c7)cc6)c5c4)cc3)cc21. The zero-order valence-electron chi connectivity index (χ0n) is 69.5. The summed E-state index contributed by atoms with van der Waals surface area (Å²) in [6, 6.07) is 168. The highest BCUT2D eigenvalue weighted by Gasteiger charge is 2.37. The summed E-state index contributed by atoms with van der Waals surface area (Å²) in [5.74, 6) is 0. The van der Waals surface area contributed by atoms with Crippen LogP contribution < -0.4 is 19.6 Å². The van der Waals surface area contributed by atoms with Crippen molar-refractivity contribution in [2.24, 2.45) is 0 Å². The number of anilines is 12. The van der Waals surface area contributed by atoms with Gasteiger partial charge in [-0.25, -0.2) is 0 Å². The Hall–Kier alpha value is -15.6. The van der Waals surface area contributed by atoms with E-state index in [0.717, 1.165) is 112 Å². The first-order valence-corrected chi connectivity index (χ1v) is 43.2. The smallest absolute Gasteiger partial charge is 0.0468 e. The predicted molar refractivity (Wildman–Crippen MR) is 527 cm³/mol. The molecule has 0 aliphatic heterocycles. The lowest BCUT2D eigenvalue weighted by molar-refractivity contribution is 0.660. The highest BCUT2D eigenvalue weighted by Crippen LogP contribution is 2.55. The minimum Gasteiger partial charge on any atom is -0.310 e. The van der Waals surface area contributed by atoms with Gasteiger partial charge in [0.05, 0.1) is 0 Å². The lowest BCUT2D eigenvalue weighted by Gasteiger charge is -2.29. The Morgan fingerprint density at radius 1 is 0.145 bits per heavy atom. The van der Waals surface area contributed by atoms with E-state index in [1.54, 1.807) is 0 Å². The molecule has 0 radical (unpaired) electrons. The lowest BCUT2D eigenvalue weighted by atomic mass is 9.81. The lowest BCUT2D eigenvalue weighted by Crippen LogP contribution is -2.14. The number of rotatable bonds is 16. The third kappa shape index (κ3) is 12.6. The Balaban J connectivity index is 0.753. The van der Waals surface area contributed by atoms with Gasteiger partial charge >= 0.3 is 0 Å². The van der Waals surface area contributed by atoms with Gasteiger partial charge in [0.1, 0.15) is 0 Å². The molecule has 0 saturated heterocycles. The third-order valence-electron chi connectivity index (χ3n) is 26.5. The van der Waals surface area contributed by atoms with Gasteiger partial charge in [-0.05, 0) is 311 Å². The van der Waals surface area contributed by atoms with Crippen molar-refractivity contribution in [2.45, 2.75) is 38.5 Å². The van der Waals surface area contributed by atoms with Gasteiger partial charge in [-0.3, -0.25) is 0 Å². The molecule has 0 atom stereocenters. The van der Waals surface area contributed by atoms with Crippen molar-refractivity contribution in [3.8, 4) is 66.8 Å². The van der Waals surface area contributed by atoms with Crippen molar-refractivity contribution in [1.82, 2.24) is 0 Å². The molecular weight excluding hydrogens is 1500 g/mol. The second-order valence-electron chi connectivity index (χ2n) is 34.4.